The van der Waals surface area contributed by atoms with Gasteiger partial charge in [0.15, 0.2) is 5.69 Å². The first-order valence-corrected chi connectivity index (χ1v) is 10.9. The van der Waals surface area contributed by atoms with E-state index in [-0.39, 0.29) is 23.5 Å². The maximum Gasteiger partial charge on any atom is 0.276 e. The predicted molar refractivity (Wildman–Crippen MR) is 126 cm³/mol. The van der Waals surface area contributed by atoms with Crippen LogP contribution in [0.3, 0.4) is 0 Å². The Balaban J connectivity index is 1.37. The Hall–Kier alpha value is -3.78. The second-order valence-electron chi connectivity index (χ2n) is 8.32. The molecule has 5 rings (SSSR count). The zero-order chi connectivity index (χ0) is 22.9. The normalized spacial score (nSPS) is 14.6. The summed E-state index contributed by atoms with van der Waals surface area (Å²) >= 11 is 0. The van der Waals surface area contributed by atoms with Crippen molar-refractivity contribution in [2.45, 2.75) is 25.9 Å². The molecule has 33 heavy (non-hydrogen) atoms. The first-order valence-electron chi connectivity index (χ1n) is 10.9. The van der Waals surface area contributed by atoms with Gasteiger partial charge in [0.05, 0.1) is 23.5 Å². The summed E-state index contributed by atoms with van der Waals surface area (Å²) in [6, 6.07) is 14.2. The van der Waals surface area contributed by atoms with Gasteiger partial charge >= 0.3 is 0 Å². The van der Waals surface area contributed by atoms with Gasteiger partial charge in [0.1, 0.15) is 11.6 Å². The van der Waals surface area contributed by atoms with Crippen molar-refractivity contribution < 1.29 is 14.3 Å². The van der Waals surface area contributed by atoms with E-state index in [0.717, 1.165) is 48.4 Å². The number of H-pyrrole nitrogens is 1. The number of hydrogen-bond acceptors (Lipinski definition) is 5. The minimum absolute atomic E-state index is 0.242. The van der Waals surface area contributed by atoms with Crippen molar-refractivity contribution in [1.82, 2.24) is 15.2 Å². The Kier molecular flexibility index (Phi) is 5.51. The zero-order valence-electron chi connectivity index (χ0n) is 18.2. The summed E-state index contributed by atoms with van der Waals surface area (Å²) < 4.78 is 14.0. The minimum Gasteiger partial charge on any atom is -0.393 e. The highest BCUT2D eigenvalue weighted by molar-refractivity contribution is 6.11. The van der Waals surface area contributed by atoms with Gasteiger partial charge in [-0.2, -0.15) is 5.10 Å². The molecule has 0 aliphatic carbocycles. The summed E-state index contributed by atoms with van der Waals surface area (Å²) in [5.74, 6) is 0.194. The van der Waals surface area contributed by atoms with Crippen LogP contribution in [0, 0.1) is 12.7 Å². The maximum absolute atomic E-state index is 14.0. The van der Waals surface area contributed by atoms with Gasteiger partial charge in [0, 0.05) is 18.5 Å². The van der Waals surface area contributed by atoms with Crippen LogP contribution in [0.1, 0.15) is 28.9 Å². The quantitative estimate of drug-likeness (QED) is 0.436. The summed E-state index contributed by atoms with van der Waals surface area (Å²) in [6.07, 6.45) is 2.83. The van der Waals surface area contributed by atoms with Crippen LogP contribution in [0.25, 0.3) is 22.0 Å². The fourth-order valence-electron chi connectivity index (χ4n) is 4.21. The second kappa shape index (κ2) is 8.63. The Morgan fingerprint density at radius 2 is 2.00 bits per heavy atom. The first kappa shape index (κ1) is 21.1. The number of carbonyl (C=O) groups excluding carboxylic acids is 1. The lowest BCUT2D eigenvalue weighted by Crippen LogP contribution is -2.36. The summed E-state index contributed by atoms with van der Waals surface area (Å²) in [5, 5.41) is 20.3. The molecule has 1 fully saturated rings. The highest BCUT2D eigenvalue weighted by atomic mass is 19.1. The van der Waals surface area contributed by atoms with Gasteiger partial charge in [0.2, 0.25) is 0 Å². The lowest BCUT2D eigenvalue weighted by atomic mass is 9.98. The van der Waals surface area contributed by atoms with Crippen molar-refractivity contribution in [3.05, 3.63) is 71.8 Å². The third-order valence-electron chi connectivity index (χ3n) is 6.15. The topological polar surface area (TPSA) is 94.1 Å². The molecular weight excluding hydrogens is 421 g/mol. The number of benzene rings is 2. The van der Waals surface area contributed by atoms with Crippen molar-refractivity contribution in [3.63, 3.8) is 0 Å². The van der Waals surface area contributed by atoms with E-state index in [1.807, 2.05) is 36.4 Å². The minimum atomic E-state index is -0.356. The molecule has 0 atom stereocenters. The van der Waals surface area contributed by atoms with Gasteiger partial charge in [-0.15, -0.1) is 0 Å². The summed E-state index contributed by atoms with van der Waals surface area (Å²) in [4.78, 5) is 19.5. The van der Waals surface area contributed by atoms with Gasteiger partial charge in [-0.3, -0.25) is 9.89 Å². The molecule has 3 N–H and O–H groups in total. The second-order valence-corrected chi connectivity index (χ2v) is 8.32. The molecule has 1 saturated heterocycles. The zero-order valence-corrected chi connectivity index (χ0v) is 18.2. The number of aromatic nitrogens is 3. The number of anilines is 2. The van der Waals surface area contributed by atoms with E-state index in [1.165, 1.54) is 6.07 Å². The molecule has 8 heteroatoms. The van der Waals surface area contributed by atoms with Crippen LogP contribution < -0.4 is 10.2 Å². The fourth-order valence-corrected chi connectivity index (χ4v) is 4.21. The maximum atomic E-state index is 14.0. The van der Waals surface area contributed by atoms with Gasteiger partial charge < -0.3 is 15.3 Å². The number of carbonyl (C=O) groups is 1. The number of nitrogens with one attached hydrogen (secondary N) is 2. The van der Waals surface area contributed by atoms with E-state index in [4.69, 9.17) is 0 Å². The van der Waals surface area contributed by atoms with E-state index >= 15 is 0 Å². The van der Waals surface area contributed by atoms with Crippen LogP contribution in [0.5, 0.6) is 0 Å². The van der Waals surface area contributed by atoms with Gasteiger partial charge in [-0.25, -0.2) is 9.37 Å². The van der Waals surface area contributed by atoms with E-state index in [1.54, 1.807) is 19.2 Å². The highest BCUT2D eigenvalue weighted by Gasteiger charge is 2.19. The third-order valence-corrected chi connectivity index (χ3v) is 6.15. The molecular formula is C25H24FN5O2. The lowest BCUT2D eigenvalue weighted by molar-refractivity contribution is 0.102. The molecule has 0 bridgehead atoms. The number of fused-ring (bicyclic) bond motifs is 1. The van der Waals surface area contributed by atoms with Gasteiger partial charge in [-0.1, -0.05) is 18.2 Å². The Morgan fingerprint density at radius 1 is 1.18 bits per heavy atom. The molecule has 1 aliphatic heterocycles. The average molecular weight is 445 g/mol. The largest absolute Gasteiger partial charge is 0.393 e. The molecule has 7 nitrogen and oxygen atoms in total. The Labute approximate surface area is 190 Å². The van der Waals surface area contributed by atoms with E-state index in [2.05, 4.69) is 25.4 Å². The molecule has 1 amide bonds. The molecule has 3 heterocycles. The van der Waals surface area contributed by atoms with Crippen LogP contribution in [0.4, 0.5) is 15.9 Å². The molecule has 1 aliphatic rings. The highest BCUT2D eigenvalue weighted by Crippen LogP contribution is 2.29. The number of aliphatic hydroxyl groups is 1. The molecule has 2 aromatic carbocycles. The predicted octanol–water partition coefficient (Wildman–Crippen LogP) is 4.29. The standard InChI is InChI=1S/C25H24FN5O2/c1-15-19(3-2-4-21(15)26)16-5-7-22-20(13-16)24(30-29-22)25(33)28-17-6-8-23(27-14-17)31-11-9-18(32)10-12-31/h2-8,13-14,18,32H,9-12H2,1H3,(H,28,33)(H,29,30). The number of halogens is 1. The molecule has 168 valence electrons. The number of aromatic amines is 1. The molecule has 4 aromatic rings. The average Bonchev–Trinajstić information content (AvgIpc) is 3.25. The third kappa shape index (κ3) is 4.17. The summed E-state index contributed by atoms with van der Waals surface area (Å²) in [7, 11) is 0. The summed E-state index contributed by atoms with van der Waals surface area (Å²) in [5.41, 5.74) is 3.69. The number of hydrogen-bond donors (Lipinski definition) is 3. The Morgan fingerprint density at radius 3 is 2.76 bits per heavy atom. The fraction of sp³-hybridized carbons (Fsp3) is 0.240. The number of rotatable bonds is 4. The number of pyridine rings is 1. The van der Waals surface area contributed by atoms with Gasteiger partial charge in [-0.05, 0) is 66.8 Å². The summed E-state index contributed by atoms with van der Waals surface area (Å²) in [6.45, 7) is 3.25. The van der Waals surface area contributed by atoms with E-state index in [0.29, 0.717) is 16.6 Å². The van der Waals surface area contributed by atoms with Crippen molar-refractivity contribution >= 4 is 28.3 Å². The molecule has 2 aromatic heterocycles. The van der Waals surface area contributed by atoms with Crippen molar-refractivity contribution in [2.75, 3.05) is 23.3 Å². The molecule has 0 spiro atoms. The SMILES string of the molecule is Cc1c(F)cccc1-c1ccc2[nH]nc(C(=O)Nc3ccc(N4CCC(O)CC4)nc3)c2c1. The van der Waals surface area contributed by atoms with Crippen LogP contribution >= 0.6 is 0 Å². The van der Waals surface area contributed by atoms with Crippen molar-refractivity contribution in [2.24, 2.45) is 0 Å². The number of amides is 1. The molecule has 0 radical (unpaired) electrons. The van der Waals surface area contributed by atoms with Crippen LogP contribution in [0.2, 0.25) is 0 Å². The van der Waals surface area contributed by atoms with E-state index < -0.39 is 0 Å². The van der Waals surface area contributed by atoms with Crippen LogP contribution in [-0.4, -0.2) is 45.4 Å². The van der Waals surface area contributed by atoms with Gasteiger partial charge in [0.25, 0.3) is 5.91 Å². The van der Waals surface area contributed by atoms with E-state index in [9.17, 15) is 14.3 Å². The molecule has 0 saturated carbocycles. The van der Waals surface area contributed by atoms with Crippen LogP contribution in [-0.2, 0) is 0 Å². The number of piperidine rings is 1. The number of nitrogens with zero attached hydrogens (tertiary/aromatic N) is 3. The first-order chi connectivity index (χ1) is 16.0. The lowest BCUT2D eigenvalue weighted by Gasteiger charge is -2.30. The van der Waals surface area contributed by atoms with Crippen molar-refractivity contribution in [3.8, 4) is 11.1 Å². The Bertz CT molecular complexity index is 1310. The molecule has 0 unspecified atom stereocenters. The smallest absolute Gasteiger partial charge is 0.276 e. The number of aliphatic hydroxyl groups excluding tert-OH is 1. The van der Waals surface area contributed by atoms with Crippen LogP contribution in [0.15, 0.2) is 54.7 Å². The monoisotopic (exact) mass is 445 g/mol. The van der Waals surface area contributed by atoms with Crippen molar-refractivity contribution in [1.29, 1.82) is 0 Å².